The summed E-state index contributed by atoms with van der Waals surface area (Å²) in [5, 5.41) is 0. The molecule has 0 N–H and O–H groups in total. The molecule has 4 heteroatoms. The zero-order chi connectivity index (χ0) is 28.1. The van der Waals surface area contributed by atoms with E-state index in [0.29, 0.717) is 0 Å². The van der Waals surface area contributed by atoms with Gasteiger partial charge in [0.15, 0.2) is 0 Å². The van der Waals surface area contributed by atoms with Crippen LogP contribution in [0.1, 0.15) is 102 Å². The lowest BCUT2D eigenvalue weighted by Crippen LogP contribution is -1.97. The number of rotatable bonds is 20. The molecule has 0 saturated heterocycles. The Kier molecular flexibility index (Phi) is 15.3. The number of hydrogen-bond donors (Lipinski definition) is 0. The van der Waals surface area contributed by atoms with Gasteiger partial charge < -0.3 is 9.47 Å². The van der Waals surface area contributed by atoms with Crippen LogP contribution in [0.2, 0.25) is 0 Å². The van der Waals surface area contributed by atoms with Crippen LogP contribution in [0.25, 0.3) is 0 Å². The molecule has 0 amide bonds. The van der Waals surface area contributed by atoms with Gasteiger partial charge in [0.2, 0.25) is 0 Å². The molecule has 3 rings (SSSR count). The molecule has 214 valence electrons. The topological polar surface area (TPSA) is 43.2 Å². The van der Waals surface area contributed by atoms with Crippen LogP contribution in [0.4, 0.5) is 11.4 Å². The molecular formula is C36H48N2O2. The maximum absolute atomic E-state index is 5.87. The van der Waals surface area contributed by atoms with Crippen molar-refractivity contribution >= 4 is 23.8 Å². The first-order valence-electron chi connectivity index (χ1n) is 15.4. The lowest BCUT2D eigenvalue weighted by Gasteiger charge is -2.06. The van der Waals surface area contributed by atoms with Crippen molar-refractivity contribution in [3.8, 4) is 11.5 Å². The highest BCUT2D eigenvalue weighted by Crippen LogP contribution is 2.20. The second-order valence-corrected chi connectivity index (χ2v) is 10.4. The van der Waals surface area contributed by atoms with Gasteiger partial charge in [0.25, 0.3) is 0 Å². The summed E-state index contributed by atoms with van der Waals surface area (Å²) in [6.07, 6.45) is 19.0. The van der Waals surface area contributed by atoms with Crippen molar-refractivity contribution in [3.63, 3.8) is 0 Å². The summed E-state index contributed by atoms with van der Waals surface area (Å²) in [4.78, 5) is 9.21. The second-order valence-electron chi connectivity index (χ2n) is 10.4. The number of aliphatic imine (C=N–C) groups is 2. The smallest absolute Gasteiger partial charge is 0.119 e. The van der Waals surface area contributed by atoms with E-state index >= 15 is 0 Å². The Morgan fingerprint density at radius 3 is 1.18 bits per heavy atom. The van der Waals surface area contributed by atoms with Gasteiger partial charge in [0.05, 0.1) is 24.6 Å². The number of hydrogen-bond acceptors (Lipinski definition) is 4. The van der Waals surface area contributed by atoms with Crippen molar-refractivity contribution in [1.82, 2.24) is 0 Å². The minimum atomic E-state index is 0.785. The Morgan fingerprint density at radius 1 is 0.450 bits per heavy atom. The molecule has 3 aromatic rings. The van der Waals surface area contributed by atoms with Gasteiger partial charge in [-0.05, 0) is 96.8 Å². The van der Waals surface area contributed by atoms with Gasteiger partial charge in [-0.3, -0.25) is 9.98 Å². The molecule has 0 atom stereocenters. The quantitative estimate of drug-likeness (QED) is 0.106. The Bertz CT molecular complexity index is 1010. The predicted octanol–water partition coefficient (Wildman–Crippen LogP) is 10.7. The van der Waals surface area contributed by atoms with Crippen molar-refractivity contribution in [2.75, 3.05) is 13.2 Å². The van der Waals surface area contributed by atoms with E-state index in [1.54, 1.807) is 0 Å². The molecule has 0 heterocycles. The summed E-state index contributed by atoms with van der Waals surface area (Å²) in [6, 6.07) is 24.2. The molecule has 0 fully saturated rings. The highest BCUT2D eigenvalue weighted by Gasteiger charge is 1.98. The Balaban J connectivity index is 1.36. The molecule has 0 saturated carbocycles. The van der Waals surface area contributed by atoms with Gasteiger partial charge >= 0.3 is 0 Å². The molecule has 0 unspecified atom stereocenters. The highest BCUT2D eigenvalue weighted by atomic mass is 16.5. The highest BCUT2D eigenvalue weighted by molar-refractivity contribution is 5.83. The standard InChI is InChI=1S/C36H48N2O2/c1-3-5-7-9-11-13-27-39-35-23-15-31(16-24-35)29-37-33-19-21-34(22-20-33)38-30-32-17-25-36(26-18-32)40-28-14-12-10-8-6-4-2/h15-26,29-30H,3-14,27-28H2,1-2H3. The summed E-state index contributed by atoms with van der Waals surface area (Å²) in [5.41, 5.74) is 3.89. The molecule has 3 aromatic carbocycles. The van der Waals surface area contributed by atoms with Crippen molar-refractivity contribution in [3.05, 3.63) is 83.9 Å². The van der Waals surface area contributed by atoms with Crippen molar-refractivity contribution in [1.29, 1.82) is 0 Å². The summed E-state index contributed by atoms with van der Waals surface area (Å²) in [5.74, 6) is 1.84. The van der Waals surface area contributed by atoms with E-state index in [9.17, 15) is 0 Å². The SMILES string of the molecule is CCCCCCCCOc1ccc(C=Nc2ccc(N=Cc3ccc(OCCCCCCCC)cc3)cc2)cc1. The van der Waals surface area contributed by atoms with E-state index in [0.717, 1.165) is 60.1 Å². The second kappa shape index (κ2) is 19.6. The fraction of sp³-hybridized carbons (Fsp3) is 0.444. The van der Waals surface area contributed by atoms with E-state index in [-0.39, 0.29) is 0 Å². The van der Waals surface area contributed by atoms with Crippen molar-refractivity contribution < 1.29 is 9.47 Å². The molecule has 0 aliphatic heterocycles. The molecule has 0 aliphatic rings. The van der Waals surface area contributed by atoms with Gasteiger partial charge in [-0.25, -0.2) is 0 Å². The zero-order valence-electron chi connectivity index (χ0n) is 24.7. The van der Waals surface area contributed by atoms with Crippen molar-refractivity contribution in [2.45, 2.75) is 90.9 Å². The van der Waals surface area contributed by atoms with Crippen LogP contribution in [-0.2, 0) is 0 Å². The number of benzene rings is 3. The third-order valence-electron chi connectivity index (χ3n) is 6.87. The predicted molar refractivity (Wildman–Crippen MR) is 172 cm³/mol. The van der Waals surface area contributed by atoms with Gasteiger partial charge in [-0.2, -0.15) is 0 Å². The third kappa shape index (κ3) is 13.1. The van der Waals surface area contributed by atoms with Gasteiger partial charge in [0, 0.05) is 12.4 Å². The first-order chi connectivity index (χ1) is 19.8. The largest absolute Gasteiger partial charge is 0.494 e. The van der Waals surface area contributed by atoms with Crippen LogP contribution in [0.3, 0.4) is 0 Å². The van der Waals surface area contributed by atoms with Crippen LogP contribution in [0.15, 0.2) is 82.8 Å². The Hall–Kier alpha value is -3.40. The molecule has 0 spiro atoms. The van der Waals surface area contributed by atoms with Crippen LogP contribution in [-0.4, -0.2) is 25.6 Å². The molecule has 0 bridgehead atoms. The summed E-state index contributed by atoms with van der Waals surface area (Å²) in [6.45, 7) is 6.07. The maximum atomic E-state index is 5.87. The third-order valence-corrected chi connectivity index (χ3v) is 6.87. The zero-order valence-corrected chi connectivity index (χ0v) is 24.7. The van der Waals surface area contributed by atoms with Gasteiger partial charge in [0.1, 0.15) is 11.5 Å². The van der Waals surface area contributed by atoms with Crippen LogP contribution in [0, 0.1) is 0 Å². The Morgan fingerprint density at radius 2 is 0.800 bits per heavy atom. The average molecular weight is 541 g/mol. The molecule has 0 aliphatic carbocycles. The summed E-state index contributed by atoms with van der Waals surface area (Å²) >= 11 is 0. The van der Waals surface area contributed by atoms with Gasteiger partial charge in [-0.1, -0.05) is 78.1 Å². The first kappa shape index (κ1) is 31.1. The van der Waals surface area contributed by atoms with Gasteiger partial charge in [-0.15, -0.1) is 0 Å². The average Bonchev–Trinajstić information content (AvgIpc) is 3.00. The minimum Gasteiger partial charge on any atom is -0.494 e. The van der Waals surface area contributed by atoms with E-state index < -0.39 is 0 Å². The molecule has 40 heavy (non-hydrogen) atoms. The molecule has 0 aromatic heterocycles. The fourth-order valence-corrected chi connectivity index (χ4v) is 4.37. The van der Waals surface area contributed by atoms with Crippen molar-refractivity contribution in [2.24, 2.45) is 9.98 Å². The lowest BCUT2D eigenvalue weighted by atomic mass is 10.1. The Labute approximate surface area is 242 Å². The van der Waals surface area contributed by atoms with E-state index in [1.807, 2.05) is 85.2 Å². The molecule has 4 nitrogen and oxygen atoms in total. The normalized spacial score (nSPS) is 11.4. The lowest BCUT2D eigenvalue weighted by molar-refractivity contribution is 0.304. The number of ether oxygens (including phenoxy) is 2. The molecule has 0 radical (unpaired) electrons. The molecular weight excluding hydrogens is 492 g/mol. The number of unbranched alkanes of at least 4 members (excludes halogenated alkanes) is 10. The first-order valence-corrected chi connectivity index (χ1v) is 15.4. The maximum Gasteiger partial charge on any atom is 0.119 e. The number of nitrogens with zero attached hydrogens (tertiary/aromatic N) is 2. The van der Waals surface area contributed by atoms with Crippen LogP contribution in [0.5, 0.6) is 11.5 Å². The minimum absolute atomic E-state index is 0.785. The summed E-state index contributed by atoms with van der Waals surface area (Å²) in [7, 11) is 0. The van der Waals surface area contributed by atoms with E-state index in [2.05, 4.69) is 23.8 Å². The fourth-order valence-electron chi connectivity index (χ4n) is 4.37. The van der Waals surface area contributed by atoms with E-state index in [4.69, 9.17) is 9.47 Å². The summed E-state index contributed by atoms with van der Waals surface area (Å²) < 4.78 is 11.7. The van der Waals surface area contributed by atoms with E-state index in [1.165, 1.54) is 64.2 Å². The van der Waals surface area contributed by atoms with Crippen LogP contribution >= 0.6 is 0 Å². The van der Waals surface area contributed by atoms with Crippen LogP contribution < -0.4 is 9.47 Å². The monoisotopic (exact) mass is 540 g/mol.